The predicted molar refractivity (Wildman–Crippen MR) is 67.0 cm³/mol. The van der Waals surface area contributed by atoms with Gasteiger partial charge in [-0.2, -0.15) is 0 Å². The highest BCUT2D eigenvalue weighted by Gasteiger charge is 2.16. The van der Waals surface area contributed by atoms with Crippen molar-refractivity contribution in [1.82, 2.24) is 9.88 Å². The molecule has 90 valence electrons. The molecule has 4 heteroatoms. The number of terminal acetylenes is 1. The van der Waals surface area contributed by atoms with Crippen molar-refractivity contribution in [2.75, 3.05) is 13.6 Å². The van der Waals surface area contributed by atoms with Crippen molar-refractivity contribution in [2.24, 2.45) is 5.73 Å². The number of rotatable bonds is 5. The summed E-state index contributed by atoms with van der Waals surface area (Å²) < 4.78 is 0. The van der Waals surface area contributed by atoms with Crippen LogP contribution in [0.4, 0.5) is 0 Å². The van der Waals surface area contributed by atoms with Crippen LogP contribution >= 0.6 is 0 Å². The zero-order valence-corrected chi connectivity index (χ0v) is 9.97. The quantitative estimate of drug-likeness (QED) is 0.748. The smallest absolute Gasteiger partial charge is 0.240 e. The lowest BCUT2D eigenvalue weighted by Gasteiger charge is -2.20. The Morgan fingerprint density at radius 1 is 1.65 bits per heavy atom. The number of likely N-dealkylation sites (N-methyl/N-ethyl adjacent to an activating group) is 1. The molecule has 0 radical (unpaired) electrons. The van der Waals surface area contributed by atoms with Crippen molar-refractivity contribution < 1.29 is 4.79 Å². The molecule has 1 amide bonds. The molecule has 0 aliphatic rings. The molecule has 1 heterocycles. The number of hydrogen-bond acceptors (Lipinski definition) is 3. The van der Waals surface area contributed by atoms with Gasteiger partial charge in [0.1, 0.15) is 0 Å². The molecule has 0 bridgehead atoms. The van der Waals surface area contributed by atoms with E-state index in [9.17, 15) is 4.79 Å². The summed E-state index contributed by atoms with van der Waals surface area (Å²) in [4.78, 5) is 17.5. The summed E-state index contributed by atoms with van der Waals surface area (Å²) in [6.07, 6.45) is 7.84. The van der Waals surface area contributed by atoms with E-state index in [4.69, 9.17) is 12.2 Å². The molecule has 0 saturated carbocycles. The molecular formula is C13H17N3O. The Balaban J connectivity index is 2.42. The summed E-state index contributed by atoms with van der Waals surface area (Å²) in [6, 6.07) is 5.11. The van der Waals surface area contributed by atoms with Crippen LogP contribution < -0.4 is 5.73 Å². The minimum Gasteiger partial charge on any atom is -0.344 e. The third-order valence-corrected chi connectivity index (χ3v) is 2.46. The zero-order valence-electron chi connectivity index (χ0n) is 9.97. The lowest BCUT2D eigenvalue weighted by atomic mass is 10.2. The molecule has 17 heavy (non-hydrogen) atoms. The highest BCUT2D eigenvalue weighted by molar-refractivity contribution is 5.81. The molecule has 2 N–H and O–H groups in total. The number of carbonyl (C=O) groups excluding carboxylic acids is 1. The van der Waals surface area contributed by atoms with Crippen LogP contribution in [0.25, 0.3) is 0 Å². The maximum Gasteiger partial charge on any atom is 0.240 e. The van der Waals surface area contributed by atoms with Gasteiger partial charge < -0.3 is 10.6 Å². The van der Waals surface area contributed by atoms with E-state index in [0.717, 1.165) is 5.69 Å². The van der Waals surface area contributed by atoms with Crippen LogP contribution in [0.2, 0.25) is 0 Å². The van der Waals surface area contributed by atoms with Crippen molar-refractivity contribution in [2.45, 2.75) is 18.9 Å². The van der Waals surface area contributed by atoms with Gasteiger partial charge in [-0.15, -0.1) is 12.3 Å². The maximum absolute atomic E-state index is 11.7. The minimum atomic E-state index is -0.603. The third-order valence-electron chi connectivity index (χ3n) is 2.46. The topological polar surface area (TPSA) is 59.2 Å². The number of carbonyl (C=O) groups is 1. The Morgan fingerprint density at radius 3 is 3.00 bits per heavy atom. The SMILES string of the molecule is C#CCC(N)C(=O)N(C)CCc1ccccn1. The number of nitrogens with two attached hydrogens (primary N) is 1. The number of amides is 1. The average Bonchev–Trinajstić information content (AvgIpc) is 2.36. The Hall–Kier alpha value is -1.86. The van der Waals surface area contributed by atoms with E-state index >= 15 is 0 Å². The second-order valence-electron chi connectivity index (χ2n) is 3.85. The monoisotopic (exact) mass is 231 g/mol. The molecule has 1 rings (SSSR count). The predicted octanol–water partition coefficient (Wildman–Crippen LogP) is 0.433. The van der Waals surface area contributed by atoms with Crippen LogP contribution in [0.1, 0.15) is 12.1 Å². The molecule has 0 aromatic carbocycles. The van der Waals surface area contributed by atoms with Crippen LogP contribution in [0.3, 0.4) is 0 Å². The maximum atomic E-state index is 11.7. The van der Waals surface area contributed by atoms with Gasteiger partial charge in [-0.25, -0.2) is 0 Å². The van der Waals surface area contributed by atoms with Crippen LogP contribution in [-0.2, 0) is 11.2 Å². The molecule has 0 aliphatic heterocycles. The lowest BCUT2D eigenvalue weighted by molar-refractivity contribution is -0.131. The van der Waals surface area contributed by atoms with Gasteiger partial charge in [0, 0.05) is 38.3 Å². The standard InChI is InChI=1S/C13H17N3O/c1-3-6-12(14)13(17)16(2)10-8-11-7-4-5-9-15-11/h1,4-5,7,9,12H,6,8,10,14H2,2H3. The zero-order chi connectivity index (χ0) is 12.7. The third kappa shape index (κ3) is 4.25. The highest BCUT2D eigenvalue weighted by Crippen LogP contribution is 1.99. The Labute approximate surface area is 102 Å². The van der Waals surface area contributed by atoms with Gasteiger partial charge in [0.05, 0.1) is 6.04 Å². The van der Waals surface area contributed by atoms with Gasteiger partial charge in [0.25, 0.3) is 0 Å². The molecule has 0 saturated heterocycles. The molecule has 0 fully saturated rings. The van der Waals surface area contributed by atoms with Crippen molar-refractivity contribution >= 4 is 5.91 Å². The average molecular weight is 231 g/mol. The molecule has 0 spiro atoms. The Morgan fingerprint density at radius 2 is 2.41 bits per heavy atom. The number of pyridine rings is 1. The summed E-state index contributed by atoms with van der Waals surface area (Å²) >= 11 is 0. The molecular weight excluding hydrogens is 214 g/mol. The van der Waals surface area contributed by atoms with Gasteiger partial charge in [-0.05, 0) is 12.1 Å². The van der Waals surface area contributed by atoms with E-state index in [-0.39, 0.29) is 12.3 Å². The van der Waals surface area contributed by atoms with Gasteiger partial charge in [0.15, 0.2) is 0 Å². The van der Waals surface area contributed by atoms with Crippen LogP contribution in [-0.4, -0.2) is 35.4 Å². The molecule has 1 aromatic rings. The summed E-state index contributed by atoms with van der Waals surface area (Å²) in [5.74, 6) is 2.27. The normalized spacial score (nSPS) is 11.6. The second-order valence-corrected chi connectivity index (χ2v) is 3.85. The fourth-order valence-electron chi connectivity index (χ4n) is 1.44. The van der Waals surface area contributed by atoms with Crippen LogP contribution in [0.15, 0.2) is 24.4 Å². The summed E-state index contributed by atoms with van der Waals surface area (Å²) in [6.45, 7) is 0.591. The van der Waals surface area contributed by atoms with Crippen molar-refractivity contribution in [1.29, 1.82) is 0 Å². The van der Waals surface area contributed by atoms with Crippen molar-refractivity contribution in [3.63, 3.8) is 0 Å². The van der Waals surface area contributed by atoms with E-state index in [1.54, 1.807) is 18.1 Å². The lowest BCUT2D eigenvalue weighted by Crippen LogP contribution is -2.42. The fourth-order valence-corrected chi connectivity index (χ4v) is 1.44. The van der Waals surface area contributed by atoms with Gasteiger partial charge in [-0.1, -0.05) is 6.07 Å². The molecule has 1 unspecified atom stereocenters. The fraction of sp³-hybridized carbons (Fsp3) is 0.385. The van der Waals surface area contributed by atoms with Gasteiger partial charge >= 0.3 is 0 Å². The Bertz CT molecular complexity index is 397. The van der Waals surface area contributed by atoms with E-state index < -0.39 is 6.04 Å². The summed E-state index contributed by atoms with van der Waals surface area (Å²) in [7, 11) is 1.72. The second kappa shape index (κ2) is 6.66. The van der Waals surface area contributed by atoms with E-state index in [1.165, 1.54) is 0 Å². The van der Waals surface area contributed by atoms with E-state index in [0.29, 0.717) is 13.0 Å². The first-order valence-electron chi connectivity index (χ1n) is 5.49. The number of aromatic nitrogens is 1. The van der Waals surface area contributed by atoms with E-state index in [2.05, 4.69) is 10.9 Å². The Kier molecular flexibility index (Phi) is 5.18. The van der Waals surface area contributed by atoms with Crippen LogP contribution in [0, 0.1) is 12.3 Å². The molecule has 1 atom stereocenters. The van der Waals surface area contributed by atoms with Crippen molar-refractivity contribution in [3.8, 4) is 12.3 Å². The first-order chi connectivity index (χ1) is 8.15. The van der Waals surface area contributed by atoms with E-state index in [1.807, 2.05) is 18.2 Å². The first kappa shape index (κ1) is 13.2. The van der Waals surface area contributed by atoms with Gasteiger partial charge in [-0.3, -0.25) is 9.78 Å². The largest absolute Gasteiger partial charge is 0.344 e. The van der Waals surface area contributed by atoms with Crippen LogP contribution in [0.5, 0.6) is 0 Å². The molecule has 1 aromatic heterocycles. The summed E-state index contributed by atoms with van der Waals surface area (Å²) in [5, 5.41) is 0. The molecule has 0 aliphatic carbocycles. The first-order valence-corrected chi connectivity index (χ1v) is 5.49. The highest BCUT2D eigenvalue weighted by atomic mass is 16.2. The minimum absolute atomic E-state index is 0.126. The van der Waals surface area contributed by atoms with Gasteiger partial charge in [0.2, 0.25) is 5.91 Å². The molecule has 4 nitrogen and oxygen atoms in total. The van der Waals surface area contributed by atoms with Crippen molar-refractivity contribution in [3.05, 3.63) is 30.1 Å². The summed E-state index contributed by atoms with van der Waals surface area (Å²) in [5.41, 5.74) is 6.60. The number of hydrogen-bond donors (Lipinski definition) is 1. The number of nitrogens with zero attached hydrogens (tertiary/aromatic N) is 2.